The summed E-state index contributed by atoms with van der Waals surface area (Å²) in [4.78, 5) is 0. The molecule has 86 valence electrons. The average molecular weight is 202 g/mol. The zero-order chi connectivity index (χ0) is 10.6. The van der Waals surface area contributed by atoms with Gasteiger partial charge in [0.1, 0.15) is 0 Å². The van der Waals surface area contributed by atoms with E-state index in [0.717, 1.165) is 32.5 Å². The second kappa shape index (κ2) is 11.0. The first-order chi connectivity index (χ1) is 6.81. The Labute approximate surface area is 88.7 Å². The molecule has 0 bridgehead atoms. The smallest absolute Gasteiger partial charge is 0.0491 e. The van der Waals surface area contributed by atoms with Crippen molar-refractivity contribution in [1.29, 1.82) is 0 Å². The third-order valence-electron chi connectivity index (χ3n) is 2.38. The maximum Gasteiger partial charge on any atom is 0.0491 e. The van der Waals surface area contributed by atoms with Gasteiger partial charge in [0.2, 0.25) is 0 Å². The second-order valence-corrected chi connectivity index (χ2v) is 4.11. The Kier molecular flexibility index (Phi) is 10.9. The number of aliphatic hydroxyl groups is 1. The monoisotopic (exact) mass is 202 g/mol. The van der Waals surface area contributed by atoms with E-state index in [4.69, 9.17) is 9.84 Å². The fraction of sp³-hybridized carbons (Fsp3) is 1.00. The van der Waals surface area contributed by atoms with Gasteiger partial charge in [0.05, 0.1) is 0 Å². The summed E-state index contributed by atoms with van der Waals surface area (Å²) in [5, 5.41) is 8.57. The van der Waals surface area contributed by atoms with E-state index in [1.807, 2.05) is 0 Å². The number of rotatable bonds is 10. The molecule has 1 atom stereocenters. The zero-order valence-electron chi connectivity index (χ0n) is 9.80. The van der Waals surface area contributed by atoms with Crippen LogP contribution in [0.25, 0.3) is 0 Å². The Morgan fingerprint density at radius 1 is 1.14 bits per heavy atom. The van der Waals surface area contributed by atoms with Gasteiger partial charge in [-0.25, -0.2) is 0 Å². The maximum atomic E-state index is 8.57. The molecule has 2 heteroatoms. The summed E-state index contributed by atoms with van der Waals surface area (Å²) >= 11 is 0. The van der Waals surface area contributed by atoms with E-state index in [2.05, 4.69) is 13.8 Å². The van der Waals surface area contributed by atoms with Crippen LogP contribution < -0.4 is 0 Å². The summed E-state index contributed by atoms with van der Waals surface area (Å²) in [6, 6.07) is 0. The van der Waals surface area contributed by atoms with Gasteiger partial charge in [-0.2, -0.15) is 0 Å². The van der Waals surface area contributed by atoms with Gasteiger partial charge in [0.25, 0.3) is 0 Å². The average Bonchev–Trinajstić information content (AvgIpc) is 2.17. The first-order valence-corrected chi connectivity index (χ1v) is 5.99. The Morgan fingerprint density at radius 2 is 1.86 bits per heavy atom. The summed E-state index contributed by atoms with van der Waals surface area (Å²) in [5.74, 6) is 0.706. The molecule has 0 aliphatic rings. The molecule has 2 nitrogen and oxygen atoms in total. The molecule has 0 saturated heterocycles. The lowest BCUT2D eigenvalue weighted by atomic mass is 10.1. The van der Waals surface area contributed by atoms with Crippen LogP contribution >= 0.6 is 0 Å². The normalized spacial score (nSPS) is 13.1. The van der Waals surface area contributed by atoms with Crippen LogP contribution in [-0.2, 0) is 4.74 Å². The standard InChI is InChI=1S/C12H26O2/c1-3-8-12(2)11-14-10-7-5-4-6-9-13/h12-13H,3-11H2,1-2H3. The first-order valence-electron chi connectivity index (χ1n) is 5.99. The van der Waals surface area contributed by atoms with E-state index in [9.17, 15) is 0 Å². The van der Waals surface area contributed by atoms with E-state index in [1.54, 1.807) is 0 Å². The number of hydrogen-bond acceptors (Lipinski definition) is 2. The van der Waals surface area contributed by atoms with E-state index in [-0.39, 0.29) is 0 Å². The van der Waals surface area contributed by atoms with Crippen molar-refractivity contribution in [3.8, 4) is 0 Å². The molecule has 0 aromatic rings. The van der Waals surface area contributed by atoms with Gasteiger partial charge in [0, 0.05) is 19.8 Å². The molecule has 0 aromatic carbocycles. The number of aliphatic hydroxyl groups excluding tert-OH is 1. The van der Waals surface area contributed by atoms with E-state index >= 15 is 0 Å². The molecule has 0 fully saturated rings. The highest BCUT2D eigenvalue weighted by Gasteiger charge is 1.99. The Hall–Kier alpha value is -0.0800. The maximum absolute atomic E-state index is 8.57. The highest BCUT2D eigenvalue weighted by atomic mass is 16.5. The van der Waals surface area contributed by atoms with Gasteiger partial charge < -0.3 is 9.84 Å². The minimum atomic E-state index is 0.328. The van der Waals surface area contributed by atoms with Crippen molar-refractivity contribution in [2.75, 3.05) is 19.8 Å². The third kappa shape index (κ3) is 10.0. The number of unbranched alkanes of at least 4 members (excludes halogenated alkanes) is 3. The van der Waals surface area contributed by atoms with Gasteiger partial charge >= 0.3 is 0 Å². The summed E-state index contributed by atoms with van der Waals surface area (Å²) in [5.41, 5.74) is 0. The molecule has 0 rings (SSSR count). The molecule has 0 heterocycles. The molecule has 0 amide bonds. The lowest BCUT2D eigenvalue weighted by Gasteiger charge is -2.10. The highest BCUT2D eigenvalue weighted by molar-refractivity contribution is 4.49. The van der Waals surface area contributed by atoms with Gasteiger partial charge in [-0.15, -0.1) is 0 Å². The molecule has 0 aliphatic carbocycles. The van der Waals surface area contributed by atoms with Crippen LogP contribution in [0, 0.1) is 5.92 Å². The molecule has 0 aromatic heterocycles. The minimum absolute atomic E-state index is 0.328. The van der Waals surface area contributed by atoms with Gasteiger partial charge in [-0.05, 0) is 25.2 Å². The summed E-state index contributed by atoms with van der Waals surface area (Å²) in [6.07, 6.45) is 6.91. The topological polar surface area (TPSA) is 29.5 Å². The lowest BCUT2D eigenvalue weighted by Crippen LogP contribution is -2.06. The van der Waals surface area contributed by atoms with Crippen LogP contribution in [0.3, 0.4) is 0 Å². The SMILES string of the molecule is CCCC(C)COCCCCCCO. The van der Waals surface area contributed by atoms with Gasteiger partial charge in [-0.3, -0.25) is 0 Å². The predicted octanol–water partition coefficient (Wildman–Crippen LogP) is 2.99. The molecule has 0 saturated carbocycles. The Morgan fingerprint density at radius 3 is 2.50 bits per heavy atom. The van der Waals surface area contributed by atoms with Crippen LogP contribution in [-0.4, -0.2) is 24.9 Å². The quantitative estimate of drug-likeness (QED) is 0.552. The molecule has 1 N–H and O–H groups in total. The van der Waals surface area contributed by atoms with Crippen molar-refractivity contribution in [2.45, 2.75) is 52.4 Å². The summed E-state index contributed by atoms with van der Waals surface area (Å²) in [7, 11) is 0. The molecule has 1 unspecified atom stereocenters. The molecule has 0 radical (unpaired) electrons. The Bertz CT molecular complexity index is 104. The van der Waals surface area contributed by atoms with Crippen molar-refractivity contribution < 1.29 is 9.84 Å². The predicted molar refractivity (Wildman–Crippen MR) is 60.4 cm³/mol. The van der Waals surface area contributed by atoms with Crippen molar-refractivity contribution in [3.05, 3.63) is 0 Å². The molecular formula is C12H26O2. The van der Waals surface area contributed by atoms with Crippen molar-refractivity contribution in [2.24, 2.45) is 5.92 Å². The number of hydrogen-bond donors (Lipinski definition) is 1. The van der Waals surface area contributed by atoms with Gasteiger partial charge in [0.15, 0.2) is 0 Å². The van der Waals surface area contributed by atoms with Crippen molar-refractivity contribution in [1.82, 2.24) is 0 Å². The van der Waals surface area contributed by atoms with Crippen molar-refractivity contribution in [3.63, 3.8) is 0 Å². The third-order valence-corrected chi connectivity index (χ3v) is 2.38. The fourth-order valence-electron chi connectivity index (χ4n) is 1.53. The lowest BCUT2D eigenvalue weighted by molar-refractivity contribution is 0.0980. The van der Waals surface area contributed by atoms with Crippen LogP contribution in [0.15, 0.2) is 0 Å². The minimum Gasteiger partial charge on any atom is -0.396 e. The molecular weight excluding hydrogens is 176 g/mol. The molecule has 0 aliphatic heterocycles. The van der Waals surface area contributed by atoms with E-state index in [0.29, 0.717) is 12.5 Å². The van der Waals surface area contributed by atoms with Crippen LogP contribution in [0.4, 0.5) is 0 Å². The van der Waals surface area contributed by atoms with Crippen molar-refractivity contribution >= 4 is 0 Å². The largest absolute Gasteiger partial charge is 0.396 e. The van der Waals surface area contributed by atoms with E-state index < -0.39 is 0 Å². The molecule has 0 spiro atoms. The molecule has 14 heavy (non-hydrogen) atoms. The number of ether oxygens (including phenoxy) is 1. The summed E-state index contributed by atoms with van der Waals surface area (Å²) < 4.78 is 5.57. The second-order valence-electron chi connectivity index (χ2n) is 4.11. The zero-order valence-corrected chi connectivity index (χ0v) is 9.80. The van der Waals surface area contributed by atoms with E-state index in [1.165, 1.54) is 19.3 Å². The summed E-state index contributed by atoms with van der Waals surface area (Å²) in [6.45, 7) is 6.59. The van der Waals surface area contributed by atoms with Crippen LogP contribution in [0.5, 0.6) is 0 Å². The van der Waals surface area contributed by atoms with Gasteiger partial charge in [-0.1, -0.05) is 33.1 Å². The first kappa shape index (κ1) is 13.9. The van der Waals surface area contributed by atoms with Crippen LogP contribution in [0.1, 0.15) is 52.4 Å². The van der Waals surface area contributed by atoms with Crippen LogP contribution in [0.2, 0.25) is 0 Å². The fourth-order valence-corrected chi connectivity index (χ4v) is 1.53. The Balaban J connectivity index is 2.98. The highest BCUT2D eigenvalue weighted by Crippen LogP contribution is 2.06.